The minimum absolute atomic E-state index is 0.191. The molecule has 0 aromatic carbocycles. The van der Waals surface area contributed by atoms with E-state index in [1.165, 1.54) is 0 Å². The van der Waals surface area contributed by atoms with E-state index in [0.717, 1.165) is 17.0 Å². The van der Waals surface area contributed by atoms with E-state index in [2.05, 4.69) is 15.4 Å². The van der Waals surface area contributed by atoms with Crippen molar-refractivity contribution in [1.29, 1.82) is 0 Å². The van der Waals surface area contributed by atoms with Gasteiger partial charge in [-0.3, -0.25) is 0 Å². The molecule has 94 valence electrons. The van der Waals surface area contributed by atoms with Crippen LogP contribution in [0.25, 0.3) is 0 Å². The second-order valence-corrected chi connectivity index (χ2v) is 4.65. The van der Waals surface area contributed by atoms with Crippen LogP contribution in [-0.4, -0.2) is 16.1 Å². The normalized spacial score (nSPS) is 14.8. The Morgan fingerprint density at radius 2 is 2.06 bits per heavy atom. The van der Waals surface area contributed by atoms with Crippen molar-refractivity contribution < 1.29 is 13.2 Å². The van der Waals surface area contributed by atoms with Crippen LogP contribution in [0.1, 0.15) is 23.5 Å². The first-order chi connectivity index (χ1) is 7.99. The Balaban J connectivity index is 2.19. The predicted molar refractivity (Wildman–Crippen MR) is 59.2 cm³/mol. The highest BCUT2D eigenvalue weighted by Crippen LogP contribution is 2.32. The van der Waals surface area contributed by atoms with Crippen LogP contribution in [0.5, 0.6) is 0 Å². The van der Waals surface area contributed by atoms with Crippen LogP contribution in [0, 0.1) is 0 Å². The number of anilines is 1. The summed E-state index contributed by atoms with van der Waals surface area (Å²) < 4.78 is 36.3. The number of nitrogen functional groups attached to an aromatic ring is 1. The minimum Gasteiger partial charge on any atom is -0.308 e. The van der Waals surface area contributed by atoms with Gasteiger partial charge in [-0.2, -0.15) is 24.9 Å². The van der Waals surface area contributed by atoms with Crippen molar-refractivity contribution in [3.05, 3.63) is 17.1 Å². The van der Waals surface area contributed by atoms with Gasteiger partial charge in [0.15, 0.2) is 0 Å². The van der Waals surface area contributed by atoms with Crippen LogP contribution >= 0.6 is 11.8 Å². The number of nitrogens with two attached hydrogens (primary N) is 1. The molecular weight excluding hydrogens is 253 g/mol. The number of hydrogen-bond acceptors (Lipinski definition) is 5. The lowest BCUT2D eigenvalue weighted by molar-refractivity contribution is -0.134. The van der Waals surface area contributed by atoms with Crippen molar-refractivity contribution in [3.63, 3.8) is 0 Å². The second-order valence-electron chi connectivity index (χ2n) is 3.67. The summed E-state index contributed by atoms with van der Waals surface area (Å²) in [7, 11) is 0. The number of nitrogens with zero attached hydrogens (tertiary/aromatic N) is 2. The molecule has 2 rings (SSSR count). The van der Waals surface area contributed by atoms with Crippen LogP contribution in [0.4, 0.5) is 19.0 Å². The number of fused-ring (bicyclic) bond motifs is 1. The summed E-state index contributed by atoms with van der Waals surface area (Å²) in [6.45, 7) is 0. The highest BCUT2D eigenvalue weighted by molar-refractivity contribution is 7.98. The Bertz CT molecular complexity index is 421. The van der Waals surface area contributed by atoms with Gasteiger partial charge in [0, 0.05) is 23.5 Å². The monoisotopic (exact) mass is 264 g/mol. The van der Waals surface area contributed by atoms with Gasteiger partial charge in [-0.1, -0.05) is 0 Å². The van der Waals surface area contributed by atoms with E-state index in [9.17, 15) is 13.2 Å². The number of halogens is 3. The molecule has 0 spiro atoms. The van der Waals surface area contributed by atoms with Crippen molar-refractivity contribution in [2.45, 2.75) is 30.5 Å². The fourth-order valence-electron chi connectivity index (χ4n) is 1.59. The summed E-state index contributed by atoms with van der Waals surface area (Å²) in [5.41, 5.74) is 4.10. The average molecular weight is 264 g/mol. The molecule has 1 aromatic heterocycles. The van der Waals surface area contributed by atoms with Gasteiger partial charge in [-0.05, 0) is 0 Å². The molecule has 1 aliphatic heterocycles. The maximum atomic E-state index is 12.1. The van der Waals surface area contributed by atoms with Crippen LogP contribution < -0.4 is 11.3 Å². The second kappa shape index (κ2) is 4.69. The molecule has 0 radical (unpaired) electrons. The Labute approximate surface area is 100 Å². The number of nitrogens with one attached hydrogen (secondary N) is 1. The van der Waals surface area contributed by atoms with Crippen molar-refractivity contribution in [2.75, 3.05) is 5.43 Å². The number of aromatic nitrogens is 2. The smallest absolute Gasteiger partial charge is 0.308 e. The summed E-state index contributed by atoms with van der Waals surface area (Å²) in [5.74, 6) is 7.38. The van der Waals surface area contributed by atoms with E-state index in [4.69, 9.17) is 5.84 Å². The van der Waals surface area contributed by atoms with E-state index in [1.807, 2.05) is 0 Å². The first-order valence-electron chi connectivity index (χ1n) is 4.99. The van der Waals surface area contributed by atoms with E-state index in [1.54, 1.807) is 11.8 Å². The highest BCUT2D eigenvalue weighted by atomic mass is 32.2. The molecule has 0 saturated heterocycles. The maximum Gasteiger partial charge on any atom is 0.389 e. The van der Waals surface area contributed by atoms with Crippen LogP contribution in [0.15, 0.2) is 0 Å². The molecule has 0 amide bonds. The van der Waals surface area contributed by atoms with Crippen LogP contribution in [0.3, 0.4) is 0 Å². The quantitative estimate of drug-likeness (QED) is 0.646. The van der Waals surface area contributed by atoms with Gasteiger partial charge in [0.25, 0.3) is 0 Å². The molecule has 4 nitrogen and oxygen atoms in total. The van der Waals surface area contributed by atoms with Crippen LogP contribution in [0.2, 0.25) is 0 Å². The summed E-state index contributed by atoms with van der Waals surface area (Å²) in [5, 5.41) is 0. The average Bonchev–Trinajstić information content (AvgIpc) is 2.72. The predicted octanol–water partition coefficient (Wildman–Crippen LogP) is 2.00. The molecule has 0 atom stereocenters. The first kappa shape index (κ1) is 12.4. The minimum atomic E-state index is -4.19. The summed E-state index contributed by atoms with van der Waals surface area (Å²) >= 11 is 1.64. The lowest BCUT2D eigenvalue weighted by atomic mass is 10.2. The van der Waals surface area contributed by atoms with Crippen molar-refractivity contribution in [1.82, 2.24) is 9.97 Å². The number of aryl methyl sites for hydroxylation is 1. The van der Waals surface area contributed by atoms with Gasteiger partial charge in [0.1, 0.15) is 11.6 Å². The van der Waals surface area contributed by atoms with Crippen LogP contribution in [-0.2, 0) is 17.9 Å². The molecule has 0 saturated carbocycles. The van der Waals surface area contributed by atoms with Gasteiger partial charge >= 0.3 is 6.18 Å². The lowest BCUT2D eigenvalue weighted by Gasteiger charge is -2.09. The molecule has 1 aromatic rings. The molecule has 0 bridgehead atoms. The Hall–Kier alpha value is -1.02. The molecule has 8 heteroatoms. The third kappa shape index (κ3) is 3.01. The van der Waals surface area contributed by atoms with Crippen molar-refractivity contribution >= 4 is 17.6 Å². The Morgan fingerprint density at radius 3 is 2.71 bits per heavy atom. The molecule has 0 unspecified atom stereocenters. The molecule has 17 heavy (non-hydrogen) atoms. The number of alkyl halides is 3. The van der Waals surface area contributed by atoms with Gasteiger partial charge < -0.3 is 5.43 Å². The summed E-state index contributed by atoms with van der Waals surface area (Å²) in [6, 6.07) is 0. The topological polar surface area (TPSA) is 63.8 Å². The van der Waals surface area contributed by atoms with E-state index >= 15 is 0 Å². The Kier molecular flexibility index (Phi) is 3.43. The van der Waals surface area contributed by atoms with Crippen molar-refractivity contribution in [2.24, 2.45) is 5.84 Å². The molecule has 3 N–H and O–H groups in total. The van der Waals surface area contributed by atoms with Gasteiger partial charge in [-0.15, -0.1) is 0 Å². The number of hydrogen-bond donors (Lipinski definition) is 2. The van der Waals surface area contributed by atoms with Crippen molar-refractivity contribution in [3.8, 4) is 0 Å². The fourth-order valence-corrected chi connectivity index (χ4v) is 2.63. The number of thioether (sulfide) groups is 1. The largest absolute Gasteiger partial charge is 0.389 e. The zero-order valence-electron chi connectivity index (χ0n) is 8.84. The zero-order chi connectivity index (χ0) is 12.5. The highest BCUT2D eigenvalue weighted by Gasteiger charge is 2.28. The molecule has 0 fully saturated rings. The molecule has 2 heterocycles. The van der Waals surface area contributed by atoms with Gasteiger partial charge in [-0.25, -0.2) is 15.8 Å². The maximum absolute atomic E-state index is 12.1. The SMILES string of the molecule is NNc1nc(CCC(F)(F)F)nc2c1CSC2. The lowest BCUT2D eigenvalue weighted by Crippen LogP contribution is -2.15. The van der Waals surface area contributed by atoms with E-state index < -0.39 is 12.6 Å². The first-order valence-corrected chi connectivity index (χ1v) is 6.15. The zero-order valence-corrected chi connectivity index (χ0v) is 9.66. The number of hydrazine groups is 1. The van der Waals surface area contributed by atoms with Gasteiger partial charge in [0.05, 0.1) is 12.1 Å². The molecular formula is C9H11F3N4S. The molecule has 0 aliphatic carbocycles. The third-order valence-corrected chi connectivity index (χ3v) is 3.36. The van der Waals surface area contributed by atoms with E-state index in [0.29, 0.717) is 11.6 Å². The third-order valence-electron chi connectivity index (χ3n) is 2.39. The van der Waals surface area contributed by atoms with Gasteiger partial charge in [0.2, 0.25) is 0 Å². The van der Waals surface area contributed by atoms with E-state index in [-0.39, 0.29) is 12.2 Å². The Morgan fingerprint density at radius 1 is 1.29 bits per heavy atom. The fraction of sp³-hybridized carbons (Fsp3) is 0.556. The number of rotatable bonds is 3. The molecule has 1 aliphatic rings. The summed E-state index contributed by atoms with van der Waals surface area (Å²) in [4.78, 5) is 8.14. The standard InChI is InChI=1S/C9H11F3N4S/c10-9(11,12)2-1-7-14-6-4-17-3-5(6)8(15-7)16-13/h1-4,13H2,(H,14,15,16). The summed E-state index contributed by atoms with van der Waals surface area (Å²) in [6.07, 6.45) is -5.31.